The number of aromatic nitrogens is 1. The minimum atomic E-state index is -0.304. The lowest BCUT2D eigenvalue weighted by atomic mass is 10.2. The smallest absolute Gasteiger partial charge is 0.241 e. The van der Waals surface area contributed by atoms with E-state index < -0.39 is 0 Å². The Hall–Kier alpha value is -1.83. The number of nitrogens with zero attached hydrogens (tertiary/aromatic N) is 3. The van der Waals surface area contributed by atoms with Gasteiger partial charge in [-0.1, -0.05) is 6.07 Å². The highest BCUT2D eigenvalue weighted by Gasteiger charge is 2.26. The fourth-order valence-corrected chi connectivity index (χ4v) is 3.71. The lowest BCUT2D eigenvalue weighted by Crippen LogP contribution is -2.52. The van der Waals surface area contributed by atoms with Gasteiger partial charge in [-0.3, -0.25) is 14.6 Å². The van der Waals surface area contributed by atoms with Crippen molar-refractivity contribution in [1.29, 1.82) is 0 Å². The van der Waals surface area contributed by atoms with Gasteiger partial charge in [0.25, 0.3) is 0 Å². The van der Waals surface area contributed by atoms with Gasteiger partial charge >= 0.3 is 0 Å². The third kappa shape index (κ3) is 4.66. The molecule has 0 bridgehead atoms. The minimum absolute atomic E-state index is 0.100. The topological polar surface area (TPSA) is 48.5 Å². The lowest BCUT2D eigenvalue weighted by molar-refractivity contribution is -0.121. The second-order valence-electron chi connectivity index (χ2n) is 6.80. The van der Waals surface area contributed by atoms with E-state index in [9.17, 15) is 9.18 Å². The highest BCUT2D eigenvalue weighted by atomic mass is 32.1. The van der Waals surface area contributed by atoms with E-state index >= 15 is 0 Å². The first kappa shape index (κ1) is 18.9. The van der Waals surface area contributed by atoms with Crippen molar-refractivity contribution in [1.82, 2.24) is 14.8 Å². The van der Waals surface area contributed by atoms with Crippen LogP contribution in [-0.2, 0) is 11.3 Å². The van der Waals surface area contributed by atoms with Gasteiger partial charge in [0.05, 0.1) is 16.7 Å². The Morgan fingerprint density at radius 2 is 2.04 bits per heavy atom. The molecule has 5 nitrogen and oxygen atoms in total. The second kappa shape index (κ2) is 8.24. The molecule has 0 aliphatic carbocycles. The molecule has 140 valence electrons. The van der Waals surface area contributed by atoms with Crippen LogP contribution in [0, 0.1) is 19.7 Å². The van der Waals surface area contributed by atoms with Crippen LogP contribution in [0.4, 0.5) is 10.1 Å². The van der Waals surface area contributed by atoms with Crippen molar-refractivity contribution in [2.24, 2.45) is 0 Å². The maximum absolute atomic E-state index is 13.6. The zero-order chi connectivity index (χ0) is 18.7. The standard InChI is InChI=1S/C19H25FN4OS/c1-13-4-5-16(10-18(13)20)22-19(25)14(2)24-8-6-23(7-9-24)11-17-12-26-15(3)21-17/h4-5,10,12,14H,6-9,11H2,1-3H3,(H,22,25). The van der Waals surface area contributed by atoms with E-state index in [1.165, 1.54) is 6.07 Å². The molecule has 3 rings (SSSR count). The summed E-state index contributed by atoms with van der Waals surface area (Å²) >= 11 is 1.68. The van der Waals surface area contributed by atoms with Crippen LogP contribution < -0.4 is 5.32 Å². The number of carbonyl (C=O) groups excluding carboxylic acids is 1. The third-order valence-electron chi connectivity index (χ3n) is 4.83. The van der Waals surface area contributed by atoms with Gasteiger partial charge in [-0.15, -0.1) is 11.3 Å². The predicted molar refractivity (Wildman–Crippen MR) is 103 cm³/mol. The Balaban J connectivity index is 1.50. The molecule has 1 fully saturated rings. The molecule has 0 saturated carbocycles. The van der Waals surface area contributed by atoms with Gasteiger partial charge < -0.3 is 5.32 Å². The maximum Gasteiger partial charge on any atom is 0.241 e. The fourth-order valence-electron chi connectivity index (χ4n) is 3.10. The summed E-state index contributed by atoms with van der Waals surface area (Å²) in [6.45, 7) is 9.98. The highest BCUT2D eigenvalue weighted by Crippen LogP contribution is 2.16. The molecule has 1 aliphatic heterocycles. The summed E-state index contributed by atoms with van der Waals surface area (Å²) in [5.74, 6) is -0.404. The first-order valence-electron chi connectivity index (χ1n) is 8.87. The summed E-state index contributed by atoms with van der Waals surface area (Å²) in [6.07, 6.45) is 0. The first-order chi connectivity index (χ1) is 12.4. The first-order valence-corrected chi connectivity index (χ1v) is 9.75. The van der Waals surface area contributed by atoms with Gasteiger partial charge in [-0.25, -0.2) is 9.37 Å². The number of aryl methyl sites for hydroxylation is 2. The van der Waals surface area contributed by atoms with Gasteiger partial charge in [-0.05, 0) is 38.5 Å². The van der Waals surface area contributed by atoms with Crippen molar-refractivity contribution < 1.29 is 9.18 Å². The molecule has 1 aromatic carbocycles. The molecule has 1 aliphatic rings. The molecule has 1 amide bonds. The van der Waals surface area contributed by atoms with Gasteiger partial charge in [0.1, 0.15) is 5.82 Å². The van der Waals surface area contributed by atoms with Crippen LogP contribution in [0.1, 0.15) is 23.2 Å². The molecule has 1 aromatic heterocycles. The molecular formula is C19H25FN4OS. The molecular weight excluding hydrogens is 351 g/mol. The number of benzene rings is 1. The maximum atomic E-state index is 13.6. The van der Waals surface area contributed by atoms with E-state index in [-0.39, 0.29) is 17.8 Å². The number of halogens is 1. The van der Waals surface area contributed by atoms with Gasteiger partial charge in [0, 0.05) is 43.8 Å². The summed E-state index contributed by atoms with van der Waals surface area (Å²) in [4.78, 5) is 21.5. The number of anilines is 1. The Morgan fingerprint density at radius 3 is 2.65 bits per heavy atom. The van der Waals surface area contributed by atoms with E-state index in [4.69, 9.17) is 0 Å². The molecule has 0 spiro atoms. The summed E-state index contributed by atoms with van der Waals surface area (Å²) < 4.78 is 13.6. The Bertz CT molecular complexity index is 771. The molecule has 0 radical (unpaired) electrons. The van der Waals surface area contributed by atoms with Crippen molar-refractivity contribution >= 4 is 22.9 Å². The highest BCUT2D eigenvalue weighted by molar-refractivity contribution is 7.09. The van der Waals surface area contributed by atoms with Gasteiger partial charge in [0.15, 0.2) is 0 Å². The number of piperazine rings is 1. The SMILES string of the molecule is Cc1nc(CN2CCN(C(C)C(=O)Nc3ccc(C)c(F)c3)CC2)cs1. The van der Waals surface area contributed by atoms with Crippen molar-refractivity contribution in [3.8, 4) is 0 Å². The Morgan fingerprint density at radius 1 is 1.31 bits per heavy atom. The normalized spacial score (nSPS) is 17.2. The van der Waals surface area contributed by atoms with Crippen molar-refractivity contribution in [2.45, 2.75) is 33.4 Å². The molecule has 1 saturated heterocycles. The molecule has 1 atom stereocenters. The van der Waals surface area contributed by atoms with Gasteiger partial charge in [0.2, 0.25) is 5.91 Å². The summed E-state index contributed by atoms with van der Waals surface area (Å²) in [7, 11) is 0. The minimum Gasteiger partial charge on any atom is -0.325 e. The quantitative estimate of drug-likeness (QED) is 0.871. The van der Waals surface area contributed by atoms with E-state index in [2.05, 4.69) is 25.5 Å². The fraction of sp³-hybridized carbons (Fsp3) is 0.474. The monoisotopic (exact) mass is 376 g/mol. The van der Waals surface area contributed by atoms with Crippen LogP contribution in [-0.4, -0.2) is 52.9 Å². The third-order valence-corrected chi connectivity index (χ3v) is 5.65. The zero-order valence-electron chi connectivity index (χ0n) is 15.5. The second-order valence-corrected chi connectivity index (χ2v) is 7.86. The van der Waals surface area contributed by atoms with Crippen LogP contribution in [0.5, 0.6) is 0 Å². The van der Waals surface area contributed by atoms with Crippen LogP contribution >= 0.6 is 11.3 Å². The average Bonchev–Trinajstić information content (AvgIpc) is 3.03. The number of hydrogen-bond donors (Lipinski definition) is 1. The van der Waals surface area contributed by atoms with Crippen LogP contribution in [0.25, 0.3) is 0 Å². The molecule has 2 heterocycles. The molecule has 7 heteroatoms. The van der Waals surface area contributed by atoms with E-state index in [0.29, 0.717) is 11.3 Å². The number of hydrogen-bond acceptors (Lipinski definition) is 5. The van der Waals surface area contributed by atoms with Crippen LogP contribution in [0.3, 0.4) is 0 Å². The largest absolute Gasteiger partial charge is 0.325 e. The molecule has 2 aromatic rings. The summed E-state index contributed by atoms with van der Waals surface area (Å²) in [5, 5.41) is 6.02. The Kier molecular flexibility index (Phi) is 6.01. The lowest BCUT2D eigenvalue weighted by Gasteiger charge is -2.37. The van der Waals surface area contributed by atoms with E-state index in [1.807, 2.05) is 13.8 Å². The van der Waals surface area contributed by atoms with Crippen molar-refractivity contribution in [3.05, 3.63) is 45.7 Å². The zero-order valence-corrected chi connectivity index (χ0v) is 16.3. The van der Waals surface area contributed by atoms with Gasteiger partial charge in [-0.2, -0.15) is 0 Å². The van der Waals surface area contributed by atoms with Crippen LogP contribution in [0.2, 0.25) is 0 Å². The average molecular weight is 377 g/mol. The van der Waals surface area contributed by atoms with Crippen molar-refractivity contribution in [2.75, 3.05) is 31.5 Å². The predicted octanol–water partition coefficient (Wildman–Crippen LogP) is 3.04. The van der Waals surface area contributed by atoms with E-state index in [1.54, 1.807) is 30.4 Å². The number of rotatable bonds is 5. The van der Waals surface area contributed by atoms with E-state index in [0.717, 1.165) is 43.4 Å². The number of thiazole rings is 1. The number of carbonyl (C=O) groups is 1. The van der Waals surface area contributed by atoms with Crippen LogP contribution in [0.15, 0.2) is 23.6 Å². The Labute approximate surface area is 157 Å². The number of amides is 1. The molecule has 1 unspecified atom stereocenters. The summed E-state index contributed by atoms with van der Waals surface area (Å²) in [6, 6.07) is 4.53. The van der Waals surface area contributed by atoms with Crippen molar-refractivity contribution in [3.63, 3.8) is 0 Å². The summed E-state index contributed by atoms with van der Waals surface area (Å²) in [5.41, 5.74) is 2.19. The number of nitrogens with one attached hydrogen (secondary N) is 1. The molecule has 26 heavy (non-hydrogen) atoms. The molecule has 1 N–H and O–H groups in total.